The summed E-state index contributed by atoms with van der Waals surface area (Å²) in [6, 6.07) is 16.1. The van der Waals surface area contributed by atoms with Gasteiger partial charge < -0.3 is 10.0 Å². The van der Waals surface area contributed by atoms with E-state index in [1.165, 1.54) is 4.90 Å². The fraction of sp³-hybridized carbons (Fsp3) is 0.0870. The minimum atomic E-state index is -0.766. The molecule has 2 aromatic carbocycles. The lowest BCUT2D eigenvalue weighted by Gasteiger charge is -2.25. The standard InChI is InChI=1S/C23H16Cl2N2O3/c24-17-7-3-15(4-8-17)20-19(21(28)16-5-9-18(25)10-6-16)22(29)23(30)27(20)13-14-2-1-11-26-12-14/h1-12,20,28H,13H2/t20-/m1/s1. The average Bonchev–Trinajstić information content (AvgIpc) is 3.00. The van der Waals surface area contributed by atoms with E-state index in [-0.39, 0.29) is 17.9 Å². The van der Waals surface area contributed by atoms with Crippen LogP contribution in [-0.4, -0.2) is 26.7 Å². The minimum absolute atomic E-state index is 0.0218. The molecule has 1 aliphatic heterocycles. The Morgan fingerprint density at radius 3 is 2.20 bits per heavy atom. The topological polar surface area (TPSA) is 70.5 Å². The van der Waals surface area contributed by atoms with Crippen molar-refractivity contribution in [1.29, 1.82) is 0 Å². The molecule has 7 heteroatoms. The summed E-state index contributed by atoms with van der Waals surface area (Å²) in [6.07, 6.45) is 3.27. The number of pyridine rings is 1. The summed E-state index contributed by atoms with van der Waals surface area (Å²) in [5, 5.41) is 12.0. The van der Waals surface area contributed by atoms with Gasteiger partial charge >= 0.3 is 0 Å². The van der Waals surface area contributed by atoms with Gasteiger partial charge in [-0.05, 0) is 53.6 Å². The molecule has 1 amide bonds. The zero-order valence-corrected chi connectivity index (χ0v) is 17.1. The van der Waals surface area contributed by atoms with E-state index in [9.17, 15) is 14.7 Å². The molecule has 2 heterocycles. The Balaban J connectivity index is 1.85. The van der Waals surface area contributed by atoms with E-state index >= 15 is 0 Å². The summed E-state index contributed by atoms with van der Waals surface area (Å²) in [7, 11) is 0. The fourth-order valence-corrected chi connectivity index (χ4v) is 3.74. The van der Waals surface area contributed by atoms with Gasteiger partial charge in [0.05, 0.1) is 11.6 Å². The van der Waals surface area contributed by atoms with Crippen molar-refractivity contribution in [2.75, 3.05) is 0 Å². The number of halogens is 2. The van der Waals surface area contributed by atoms with Crippen LogP contribution in [0.1, 0.15) is 22.7 Å². The second-order valence-electron chi connectivity index (χ2n) is 6.85. The zero-order chi connectivity index (χ0) is 21.3. The molecule has 1 N–H and O–H groups in total. The number of aliphatic hydroxyl groups excluding tert-OH is 1. The highest BCUT2D eigenvalue weighted by molar-refractivity contribution is 6.46. The zero-order valence-electron chi connectivity index (χ0n) is 15.6. The van der Waals surface area contributed by atoms with Gasteiger partial charge in [-0.2, -0.15) is 0 Å². The van der Waals surface area contributed by atoms with Gasteiger partial charge in [0, 0.05) is 34.5 Å². The van der Waals surface area contributed by atoms with Crippen LogP contribution in [0, 0.1) is 0 Å². The summed E-state index contributed by atoms with van der Waals surface area (Å²) in [5.74, 6) is -1.68. The van der Waals surface area contributed by atoms with E-state index in [0.717, 1.165) is 5.56 Å². The van der Waals surface area contributed by atoms with Crippen LogP contribution < -0.4 is 0 Å². The van der Waals surface area contributed by atoms with Crippen LogP contribution in [-0.2, 0) is 16.1 Å². The van der Waals surface area contributed by atoms with E-state index in [1.807, 2.05) is 6.07 Å². The highest BCUT2D eigenvalue weighted by Gasteiger charge is 2.46. The molecule has 30 heavy (non-hydrogen) atoms. The first-order valence-corrected chi connectivity index (χ1v) is 9.90. The van der Waals surface area contributed by atoms with Gasteiger partial charge in [-0.25, -0.2) is 0 Å². The van der Waals surface area contributed by atoms with Crippen molar-refractivity contribution in [3.63, 3.8) is 0 Å². The van der Waals surface area contributed by atoms with Gasteiger partial charge in [0.15, 0.2) is 0 Å². The maximum Gasteiger partial charge on any atom is 0.295 e. The minimum Gasteiger partial charge on any atom is -0.507 e. The van der Waals surface area contributed by atoms with E-state index in [2.05, 4.69) is 4.98 Å². The van der Waals surface area contributed by atoms with Gasteiger partial charge in [0.25, 0.3) is 11.7 Å². The monoisotopic (exact) mass is 438 g/mol. The van der Waals surface area contributed by atoms with Gasteiger partial charge in [-0.15, -0.1) is 0 Å². The number of likely N-dealkylation sites (tertiary alicyclic amines) is 1. The van der Waals surface area contributed by atoms with Crippen LogP contribution in [0.5, 0.6) is 0 Å². The Labute approximate surface area is 183 Å². The molecule has 0 radical (unpaired) electrons. The smallest absolute Gasteiger partial charge is 0.295 e. The number of carbonyl (C=O) groups is 2. The van der Waals surface area contributed by atoms with Crippen LogP contribution in [0.2, 0.25) is 10.0 Å². The molecule has 1 fully saturated rings. The number of ketones is 1. The molecule has 0 saturated carbocycles. The van der Waals surface area contributed by atoms with Gasteiger partial charge in [-0.1, -0.05) is 41.4 Å². The highest BCUT2D eigenvalue weighted by Crippen LogP contribution is 2.40. The van der Waals surface area contributed by atoms with Crippen LogP contribution in [0.15, 0.2) is 78.6 Å². The Bertz CT molecular complexity index is 1130. The number of benzene rings is 2. The predicted molar refractivity (Wildman–Crippen MR) is 115 cm³/mol. The number of amides is 1. The third-order valence-corrected chi connectivity index (χ3v) is 5.42. The third kappa shape index (κ3) is 3.82. The van der Waals surface area contributed by atoms with E-state index in [0.29, 0.717) is 21.2 Å². The van der Waals surface area contributed by atoms with Gasteiger partial charge in [-0.3, -0.25) is 14.6 Å². The normalized spacial score (nSPS) is 18.1. The third-order valence-electron chi connectivity index (χ3n) is 4.92. The van der Waals surface area contributed by atoms with Crippen molar-refractivity contribution >= 4 is 40.7 Å². The second-order valence-corrected chi connectivity index (χ2v) is 7.72. The molecule has 0 bridgehead atoms. The van der Waals surface area contributed by atoms with E-state index in [4.69, 9.17) is 23.2 Å². The number of carbonyl (C=O) groups excluding carboxylic acids is 2. The molecule has 4 rings (SSSR count). The first-order chi connectivity index (χ1) is 14.5. The van der Waals surface area contributed by atoms with Crippen molar-refractivity contribution in [2.24, 2.45) is 0 Å². The van der Waals surface area contributed by atoms with Gasteiger partial charge in [0.1, 0.15) is 5.76 Å². The van der Waals surface area contributed by atoms with Crippen molar-refractivity contribution in [3.8, 4) is 0 Å². The van der Waals surface area contributed by atoms with E-state index < -0.39 is 17.7 Å². The average molecular weight is 439 g/mol. The summed E-state index contributed by atoms with van der Waals surface area (Å²) in [4.78, 5) is 31.4. The summed E-state index contributed by atoms with van der Waals surface area (Å²) >= 11 is 12.0. The molecular weight excluding hydrogens is 423 g/mol. The SMILES string of the molecule is O=C1C(=O)N(Cc2cccnc2)[C@H](c2ccc(Cl)cc2)C1=C(O)c1ccc(Cl)cc1. The Morgan fingerprint density at radius 2 is 1.60 bits per heavy atom. The van der Waals surface area contributed by atoms with Crippen molar-refractivity contribution in [3.05, 3.63) is 105 Å². The Kier molecular flexibility index (Phi) is 5.57. The molecule has 0 aliphatic carbocycles. The summed E-state index contributed by atoms with van der Waals surface area (Å²) in [6.45, 7) is 0.170. The molecule has 1 aromatic heterocycles. The lowest BCUT2D eigenvalue weighted by Crippen LogP contribution is -2.29. The number of nitrogens with zero attached hydrogens (tertiary/aromatic N) is 2. The molecule has 150 valence electrons. The molecule has 3 aromatic rings. The fourth-order valence-electron chi connectivity index (χ4n) is 3.49. The first-order valence-electron chi connectivity index (χ1n) is 9.14. The van der Waals surface area contributed by atoms with Crippen molar-refractivity contribution < 1.29 is 14.7 Å². The quantitative estimate of drug-likeness (QED) is 0.353. The second kappa shape index (κ2) is 8.30. The van der Waals surface area contributed by atoms with Crippen LogP contribution in [0.25, 0.3) is 5.76 Å². The molecular formula is C23H16Cl2N2O3. The maximum atomic E-state index is 13.0. The van der Waals surface area contributed by atoms with Crippen molar-refractivity contribution in [1.82, 2.24) is 9.88 Å². The summed E-state index contributed by atoms with van der Waals surface area (Å²) < 4.78 is 0. The predicted octanol–water partition coefficient (Wildman–Crippen LogP) is 5.01. The highest BCUT2D eigenvalue weighted by atomic mass is 35.5. The maximum absolute atomic E-state index is 13.0. The van der Waals surface area contributed by atoms with Crippen molar-refractivity contribution in [2.45, 2.75) is 12.6 Å². The molecule has 0 unspecified atom stereocenters. The number of hydrogen-bond donors (Lipinski definition) is 1. The molecule has 1 saturated heterocycles. The molecule has 1 aliphatic rings. The summed E-state index contributed by atoms with van der Waals surface area (Å²) in [5.41, 5.74) is 1.86. The molecule has 1 atom stereocenters. The van der Waals surface area contributed by atoms with Gasteiger partial charge in [0.2, 0.25) is 0 Å². The molecule has 0 spiro atoms. The Morgan fingerprint density at radius 1 is 0.967 bits per heavy atom. The first kappa shape index (κ1) is 20.1. The number of Topliss-reactive ketones (excluding diaryl/α,β-unsaturated/α-hetero) is 1. The number of hydrogen-bond acceptors (Lipinski definition) is 4. The van der Waals surface area contributed by atoms with Crippen LogP contribution >= 0.6 is 23.2 Å². The lowest BCUT2D eigenvalue weighted by atomic mass is 9.95. The largest absolute Gasteiger partial charge is 0.507 e. The number of aliphatic hydroxyl groups is 1. The van der Waals surface area contributed by atoms with E-state index in [1.54, 1.807) is 67.0 Å². The van der Waals surface area contributed by atoms with Crippen LogP contribution in [0.4, 0.5) is 0 Å². The Hall–Kier alpha value is -3.15. The molecule has 5 nitrogen and oxygen atoms in total. The number of aromatic nitrogens is 1. The number of rotatable bonds is 4. The van der Waals surface area contributed by atoms with Crippen LogP contribution in [0.3, 0.4) is 0 Å². The lowest BCUT2D eigenvalue weighted by molar-refractivity contribution is -0.140.